The molecular formula is C19H29N3O5. The van der Waals surface area contributed by atoms with Crippen LogP contribution in [0.25, 0.3) is 6.08 Å². The average Bonchev–Trinajstić information content (AvgIpc) is 3.11. The molecular weight excluding hydrogens is 350 g/mol. The molecule has 27 heavy (non-hydrogen) atoms. The van der Waals surface area contributed by atoms with Gasteiger partial charge in [-0.15, -0.1) is 0 Å². The van der Waals surface area contributed by atoms with Gasteiger partial charge in [-0.2, -0.15) is 0 Å². The SMILES string of the molecule is CC(C)CC(NC(=O)C(CCCCN)NC(=O)C=Cc1ccco1)C(=O)O. The number of hydrogen-bond acceptors (Lipinski definition) is 5. The van der Waals surface area contributed by atoms with Gasteiger partial charge in [-0.3, -0.25) is 9.59 Å². The minimum absolute atomic E-state index is 0.105. The van der Waals surface area contributed by atoms with Crippen molar-refractivity contribution in [3.8, 4) is 0 Å². The topological polar surface area (TPSA) is 135 Å². The number of hydrogen-bond donors (Lipinski definition) is 4. The molecule has 0 fully saturated rings. The second kappa shape index (κ2) is 11.9. The second-order valence-electron chi connectivity index (χ2n) is 6.72. The number of carboxylic acid groups (broad SMARTS) is 1. The van der Waals surface area contributed by atoms with Crippen molar-refractivity contribution in [1.82, 2.24) is 10.6 Å². The molecule has 1 aromatic heterocycles. The lowest BCUT2D eigenvalue weighted by molar-refractivity contribution is -0.142. The Balaban J connectivity index is 2.74. The predicted octanol–water partition coefficient (Wildman–Crippen LogP) is 1.52. The van der Waals surface area contributed by atoms with E-state index in [0.717, 1.165) is 0 Å². The first-order valence-electron chi connectivity index (χ1n) is 9.08. The number of furan rings is 1. The Morgan fingerprint density at radius 1 is 1.22 bits per heavy atom. The quantitative estimate of drug-likeness (QED) is 0.321. The van der Waals surface area contributed by atoms with Gasteiger partial charge in [0.25, 0.3) is 0 Å². The average molecular weight is 379 g/mol. The molecule has 0 radical (unpaired) electrons. The Bertz CT molecular complexity index is 625. The monoisotopic (exact) mass is 379 g/mol. The van der Waals surface area contributed by atoms with Crippen LogP contribution in [0.4, 0.5) is 0 Å². The molecule has 5 N–H and O–H groups in total. The number of nitrogens with two attached hydrogens (primary N) is 1. The van der Waals surface area contributed by atoms with Gasteiger partial charge in [0.15, 0.2) is 0 Å². The molecule has 1 heterocycles. The van der Waals surface area contributed by atoms with E-state index in [2.05, 4.69) is 10.6 Å². The fourth-order valence-corrected chi connectivity index (χ4v) is 2.49. The third-order valence-electron chi connectivity index (χ3n) is 3.84. The van der Waals surface area contributed by atoms with Crippen LogP contribution >= 0.6 is 0 Å². The van der Waals surface area contributed by atoms with Crippen LogP contribution in [0.15, 0.2) is 28.9 Å². The van der Waals surface area contributed by atoms with Crippen molar-refractivity contribution in [3.63, 3.8) is 0 Å². The molecule has 0 bridgehead atoms. The van der Waals surface area contributed by atoms with Crippen molar-refractivity contribution >= 4 is 23.9 Å². The van der Waals surface area contributed by atoms with Crippen molar-refractivity contribution in [2.45, 2.75) is 51.6 Å². The summed E-state index contributed by atoms with van der Waals surface area (Å²) in [5, 5.41) is 14.4. The van der Waals surface area contributed by atoms with Crippen LogP contribution in [0.3, 0.4) is 0 Å². The predicted molar refractivity (Wildman–Crippen MR) is 102 cm³/mol. The third kappa shape index (κ3) is 9.05. The van der Waals surface area contributed by atoms with Crippen LogP contribution in [0.2, 0.25) is 0 Å². The Morgan fingerprint density at radius 3 is 2.52 bits per heavy atom. The largest absolute Gasteiger partial charge is 0.480 e. The highest BCUT2D eigenvalue weighted by molar-refractivity contribution is 5.96. The van der Waals surface area contributed by atoms with Gasteiger partial charge < -0.3 is 25.9 Å². The number of carbonyl (C=O) groups excluding carboxylic acids is 2. The molecule has 0 aliphatic heterocycles. The Hall–Kier alpha value is -2.61. The van der Waals surface area contributed by atoms with E-state index in [1.165, 1.54) is 18.4 Å². The van der Waals surface area contributed by atoms with E-state index in [1.54, 1.807) is 12.1 Å². The van der Waals surface area contributed by atoms with E-state index in [-0.39, 0.29) is 5.92 Å². The Morgan fingerprint density at radius 2 is 1.96 bits per heavy atom. The third-order valence-corrected chi connectivity index (χ3v) is 3.84. The zero-order valence-corrected chi connectivity index (χ0v) is 15.8. The molecule has 0 spiro atoms. The molecule has 8 nitrogen and oxygen atoms in total. The van der Waals surface area contributed by atoms with Gasteiger partial charge in [-0.05, 0) is 56.4 Å². The van der Waals surface area contributed by atoms with Crippen molar-refractivity contribution in [2.24, 2.45) is 11.7 Å². The van der Waals surface area contributed by atoms with Crippen LogP contribution in [0.5, 0.6) is 0 Å². The van der Waals surface area contributed by atoms with Gasteiger partial charge in [0.1, 0.15) is 17.8 Å². The molecule has 2 unspecified atom stereocenters. The van der Waals surface area contributed by atoms with Crippen LogP contribution in [0.1, 0.15) is 45.3 Å². The number of amides is 2. The number of carbonyl (C=O) groups is 3. The van der Waals surface area contributed by atoms with Gasteiger partial charge in [-0.25, -0.2) is 4.79 Å². The van der Waals surface area contributed by atoms with Crippen LogP contribution in [-0.2, 0) is 14.4 Å². The fraction of sp³-hybridized carbons (Fsp3) is 0.526. The van der Waals surface area contributed by atoms with Gasteiger partial charge in [0.05, 0.1) is 6.26 Å². The standard InChI is InChI=1S/C19H29N3O5/c1-13(2)12-16(19(25)26)22-18(24)15(7-3-4-10-20)21-17(23)9-8-14-6-5-11-27-14/h5-6,8-9,11,13,15-16H,3-4,7,10,12,20H2,1-2H3,(H,21,23)(H,22,24)(H,25,26). The fourth-order valence-electron chi connectivity index (χ4n) is 2.49. The summed E-state index contributed by atoms with van der Waals surface area (Å²) in [7, 11) is 0. The van der Waals surface area contributed by atoms with Crippen molar-refractivity contribution in [2.75, 3.05) is 6.54 Å². The maximum atomic E-state index is 12.5. The number of nitrogens with one attached hydrogen (secondary N) is 2. The van der Waals surface area contributed by atoms with Gasteiger partial charge in [-0.1, -0.05) is 13.8 Å². The molecule has 0 aliphatic rings. The minimum Gasteiger partial charge on any atom is -0.480 e. The highest BCUT2D eigenvalue weighted by Crippen LogP contribution is 2.08. The highest BCUT2D eigenvalue weighted by atomic mass is 16.4. The van der Waals surface area contributed by atoms with Gasteiger partial charge >= 0.3 is 5.97 Å². The first-order valence-corrected chi connectivity index (χ1v) is 9.08. The van der Waals surface area contributed by atoms with E-state index >= 15 is 0 Å². The minimum atomic E-state index is -1.10. The molecule has 2 amide bonds. The summed E-state index contributed by atoms with van der Waals surface area (Å²) in [4.78, 5) is 36.0. The maximum absolute atomic E-state index is 12.5. The van der Waals surface area contributed by atoms with Crippen LogP contribution < -0.4 is 16.4 Å². The number of rotatable bonds is 12. The lowest BCUT2D eigenvalue weighted by Crippen LogP contribution is -2.51. The first kappa shape index (κ1) is 22.4. The van der Waals surface area contributed by atoms with Crippen molar-refractivity contribution in [3.05, 3.63) is 30.2 Å². The van der Waals surface area contributed by atoms with E-state index < -0.39 is 29.9 Å². The summed E-state index contributed by atoms with van der Waals surface area (Å²) < 4.78 is 5.11. The lowest BCUT2D eigenvalue weighted by atomic mass is 10.0. The number of aliphatic carboxylic acids is 1. The molecule has 1 aromatic rings. The summed E-state index contributed by atoms with van der Waals surface area (Å²) in [6.45, 7) is 4.23. The summed E-state index contributed by atoms with van der Waals surface area (Å²) in [5.41, 5.74) is 5.48. The van der Waals surface area contributed by atoms with Gasteiger partial charge in [0, 0.05) is 6.08 Å². The van der Waals surface area contributed by atoms with Crippen molar-refractivity contribution < 1.29 is 23.9 Å². The van der Waals surface area contributed by atoms with E-state index in [4.69, 9.17) is 10.2 Å². The zero-order valence-electron chi connectivity index (χ0n) is 15.8. The summed E-state index contributed by atoms with van der Waals surface area (Å²) in [5.74, 6) is -1.46. The molecule has 0 saturated heterocycles. The van der Waals surface area contributed by atoms with Gasteiger partial charge in [0.2, 0.25) is 11.8 Å². The van der Waals surface area contributed by atoms with Crippen LogP contribution in [0, 0.1) is 5.92 Å². The molecule has 1 rings (SSSR count). The number of unbranched alkanes of at least 4 members (excludes halogenated alkanes) is 1. The normalized spacial score (nSPS) is 13.5. The summed E-state index contributed by atoms with van der Waals surface area (Å²) in [6.07, 6.45) is 6.27. The molecule has 0 saturated carbocycles. The van der Waals surface area contributed by atoms with E-state index in [1.807, 2.05) is 13.8 Å². The van der Waals surface area contributed by atoms with E-state index in [0.29, 0.717) is 38.0 Å². The van der Waals surface area contributed by atoms with Crippen molar-refractivity contribution in [1.29, 1.82) is 0 Å². The number of carboxylic acids is 1. The molecule has 150 valence electrons. The maximum Gasteiger partial charge on any atom is 0.326 e. The van der Waals surface area contributed by atoms with Crippen LogP contribution in [-0.4, -0.2) is 41.5 Å². The molecule has 0 aliphatic carbocycles. The summed E-state index contributed by atoms with van der Waals surface area (Å²) >= 11 is 0. The Labute approximate surface area is 159 Å². The summed E-state index contributed by atoms with van der Waals surface area (Å²) in [6, 6.07) is 1.56. The molecule has 2 atom stereocenters. The lowest BCUT2D eigenvalue weighted by Gasteiger charge is -2.22. The molecule has 0 aromatic carbocycles. The Kier molecular flexibility index (Phi) is 9.89. The second-order valence-corrected chi connectivity index (χ2v) is 6.72. The molecule has 8 heteroatoms. The smallest absolute Gasteiger partial charge is 0.326 e. The highest BCUT2D eigenvalue weighted by Gasteiger charge is 2.26. The first-order chi connectivity index (χ1) is 12.8. The zero-order chi connectivity index (χ0) is 20.2. The van der Waals surface area contributed by atoms with E-state index in [9.17, 15) is 19.5 Å².